The molecule has 1 aromatic carbocycles. The van der Waals surface area contributed by atoms with Crippen molar-refractivity contribution in [3.8, 4) is 0 Å². The molecule has 1 rings (SSSR count). The van der Waals surface area contributed by atoms with Crippen LogP contribution in [0, 0.1) is 0 Å². The Morgan fingerprint density at radius 1 is 1.27 bits per heavy atom. The quantitative estimate of drug-likeness (QED) is 0.751. The highest BCUT2D eigenvalue weighted by Gasteiger charge is 2.30. The predicted octanol–water partition coefficient (Wildman–Crippen LogP) is 3.43. The van der Waals surface area contributed by atoms with Crippen LogP contribution in [0.2, 0.25) is 0 Å². The number of thioether (sulfide) groups is 1. The molecular formula is C15H21F3N2OS. The maximum absolute atomic E-state index is 12.6. The van der Waals surface area contributed by atoms with Gasteiger partial charge in [0.05, 0.1) is 11.3 Å². The zero-order chi connectivity index (χ0) is 16.8. The van der Waals surface area contributed by atoms with Crippen LogP contribution in [0.1, 0.15) is 32.3 Å². The van der Waals surface area contributed by atoms with E-state index in [1.54, 1.807) is 6.07 Å². The molecule has 0 bridgehead atoms. The first-order valence-corrected chi connectivity index (χ1v) is 8.04. The Balaban J connectivity index is 2.51. The summed E-state index contributed by atoms with van der Waals surface area (Å²) in [5.41, 5.74) is 4.93. The van der Waals surface area contributed by atoms with Crippen LogP contribution >= 0.6 is 11.8 Å². The fourth-order valence-corrected chi connectivity index (χ4v) is 2.52. The lowest BCUT2D eigenvalue weighted by molar-refractivity contribution is -0.137. The van der Waals surface area contributed by atoms with Crippen molar-refractivity contribution in [3.63, 3.8) is 0 Å². The zero-order valence-electron chi connectivity index (χ0n) is 12.7. The monoisotopic (exact) mass is 334 g/mol. The van der Waals surface area contributed by atoms with Crippen LogP contribution in [0.5, 0.6) is 0 Å². The minimum atomic E-state index is -4.37. The SMILES string of the molecule is CCC(N)(CC)CNC(=O)CSc1cccc(C(F)(F)F)c1. The fraction of sp³-hybridized carbons (Fsp3) is 0.533. The van der Waals surface area contributed by atoms with E-state index in [4.69, 9.17) is 5.73 Å². The van der Waals surface area contributed by atoms with E-state index < -0.39 is 17.3 Å². The number of hydrogen-bond donors (Lipinski definition) is 2. The minimum absolute atomic E-state index is 0.0603. The van der Waals surface area contributed by atoms with Crippen molar-refractivity contribution in [2.24, 2.45) is 5.73 Å². The van der Waals surface area contributed by atoms with Gasteiger partial charge in [-0.2, -0.15) is 13.2 Å². The van der Waals surface area contributed by atoms with Crippen LogP contribution in [0.15, 0.2) is 29.2 Å². The Morgan fingerprint density at radius 2 is 1.91 bits per heavy atom. The highest BCUT2D eigenvalue weighted by molar-refractivity contribution is 8.00. The largest absolute Gasteiger partial charge is 0.416 e. The molecule has 0 aliphatic heterocycles. The van der Waals surface area contributed by atoms with E-state index in [2.05, 4.69) is 5.32 Å². The lowest BCUT2D eigenvalue weighted by atomic mass is 9.94. The molecule has 0 spiro atoms. The molecule has 124 valence electrons. The number of halogens is 3. The summed E-state index contributed by atoms with van der Waals surface area (Å²) in [5.74, 6) is -0.177. The van der Waals surface area contributed by atoms with E-state index in [-0.39, 0.29) is 11.7 Å². The molecule has 3 N–H and O–H groups in total. The number of carbonyl (C=O) groups excluding carboxylic acids is 1. The van der Waals surface area contributed by atoms with E-state index in [0.29, 0.717) is 11.4 Å². The second-order valence-electron chi connectivity index (χ2n) is 5.16. The van der Waals surface area contributed by atoms with Gasteiger partial charge in [0.1, 0.15) is 0 Å². The summed E-state index contributed by atoms with van der Waals surface area (Å²) in [5, 5.41) is 2.73. The van der Waals surface area contributed by atoms with E-state index in [0.717, 1.165) is 36.7 Å². The summed E-state index contributed by atoms with van der Waals surface area (Å²) < 4.78 is 37.8. The number of hydrogen-bond acceptors (Lipinski definition) is 3. The summed E-state index contributed by atoms with van der Waals surface area (Å²) in [6.07, 6.45) is -2.89. The van der Waals surface area contributed by atoms with Gasteiger partial charge < -0.3 is 11.1 Å². The van der Waals surface area contributed by atoms with Crippen LogP contribution in [0.3, 0.4) is 0 Å². The number of benzene rings is 1. The standard InChI is InChI=1S/C15H21F3N2OS/c1-3-14(19,4-2)10-20-13(21)9-22-12-7-5-6-11(8-12)15(16,17)18/h5-8H,3-4,9-10,19H2,1-2H3,(H,20,21). The van der Waals surface area contributed by atoms with Crippen LogP contribution in [0.4, 0.5) is 13.2 Å². The van der Waals surface area contributed by atoms with Gasteiger partial charge in [-0.25, -0.2) is 0 Å². The molecule has 1 aromatic rings. The fourth-order valence-electron chi connectivity index (χ4n) is 1.74. The molecule has 0 radical (unpaired) electrons. The molecule has 0 saturated heterocycles. The van der Waals surface area contributed by atoms with E-state index >= 15 is 0 Å². The zero-order valence-corrected chi connectivity index (χ0v) is 13.5. The molecule has 3 nitrogen and oxygen atoms in total. The van der Waals surface area contributed by atoms with Crippen molar-refractivity contribution in [1.29, 1.82) is 0 Å². The topological polar surface area (TPSA) is 55.1 Å². The van der Waals surface area contributed by atoms with Gasteiger partial charge in [0.2, 0.25) is 5.91 Å². The number of amides is 1. The summed E-state index contributed by atoms with van der Waals surface area (Å²) in [6.45, 7) is 4.27. The van der Waals surface area contributed by atoms with Gasteiger partial charge >= 0.3 is 6.18 Å². The Labute approximate surface area is 132 Å². The number of nitrogens with one attached hydrogen (secondary N) is 1. The predicted molar refractivity (Wildman–Crippen MR) is 82.7 cm³/mol. The third-order valence-electron chi connectivity index (χ3n) is 3.58. The third-order valence-corrected chi connectivity index (χ3v) is 4.57. The first kappa shape index (κ1) is 18.8. The van der Waals surface area contributed by atoms with Crippen molar-refractivity contribution in [1.82, 2.24) is 5.32 Å². The first-order chi connectivity index (χ1) is 10.2. The Bertz CT molecular complexity index is 502. The number of carbonyl (C=O) groups is 1. The number of alkyl halides is 3. The summed E-state index contributed by atoms with van der Waals surface area (Å²) in [4.78, 5) is 12.2. The molecule has 1 amide bonds. The minimum Gasteiger partial charge on any atom is -0.354 e. The Morgan fingerprint density at radius 3 is 2.45 bits per heavy atom. The molecule has 22 heavy (non-hydrogen) atoms. The summed E-state index contributed by atoms with van der Waals surface area (Å²) in [7, 11) is 0. The number of nitrogens with two attached hydrogens (primary N) is 1. The van der Waals surface area contributed by atoms with Crippen LogP contribution in [-0.4, -0.2) is 23.7 Å². The van der Waals surface area contributed by atoms with E-state index in [1.165, 1.54) is 6.07 Å². The van der Waals surface area contributed by atoms with Gasteiger partial charge in [0, 0.05) is 17.0 Å². The highest BCUT2D eigenvalue weighted by Crippen LogP contribution is 2.31. The maximum Gasteiger partial charge on any atom is 0.416 e. The van der Waals surface area contributed by atoms with Crippen molar-refractivity contribution in [2.45, 2.75) is 43.3 Å². The van der Waals surface area contributed by atoms with Gasteiger partial charge in [-0.3, -0.25) is 4.79 Å². The average Bonchev–Trinajstić information content (AvgIpc) is 2.50. The smallest absolute Gasteiger partial charge is 0.354 e. The molecule has 7 heteroatoms. The van der Waals surface area contributed by atoms with Gasteiger partial charge in [-0.05, 0) is 31.0 Å². The van der Waals surface area contributed by atoms with Crippen molar-refractivity contribution < 1.29 is 18.0 Å². The Hall–Kier alpha value is -1.21. The molecule has 0 aliphatic rings. The Kier molecular flexibility index (Phi) is 6.74. The molecule has 0 unspecified atom stereocenters. The lowest BCUT2D eigenvalue weighted by Crippen LogP contribution is -2.49. The van der Waals surface area contributed by atoms with Gasteiger partial charge in [0.25, 0.3) is 0 Å². The molecule has 0 atom stereocenters. The summed E-state index contributed by atoms with van der Waals surface area (Å²) >= 11 is 1.07. The van der Waals surface area contributed by atoms with E-state index in [1.807, 2.05) is 13.8 Å². The first-order valence-electron chi connectivity index (χ1n) is 7.06. The third kappa shape index (κ3) is 5.88. The molecule has 0 fully saturated rings. The van der Waals surface area contributed by atoms with Crippen LogP contribution in [-0.2, 0) is 11.0 Å². The van der Waals surface area contributed by atoms with Crippen LogP contribution < -0.4 is 11.1 Å². The molecular weight excluding hydrogens is 313 g/mol. The van der Waals surface area contributed by atoms with Gasteiger partial charge in [-0.15, -0.1) is 11.8 Å². The second-order valence-corrected chi connectivity index (χ2v) is 6.21. The average molecular weight is 334 g/mol. The van der Waals surface area contributed by atoms with Crippen molar-refractivity contribution in [3.05, 3.63) is 29.8 Å². The molecule has 0 aliphatic carbocycles. The van der Waals surface area contributed by atoms with Crippen molar-refractivity contribution >= 4 is 17.7 Å². The second kappa shape index (κ2) is 7.87. The van der Waals surface area contributed by atoms with Crippen LogP contribution in [0.25, 0.3) is 0 Å². The maximum atomic E-state index is 12.6. The van der Waals surface area contributed by atoms with E-state index in [9.17, 15) is 18.0 Å². The molecule has 0 heterocycles. The van der Waals surface area contributed by atoms with Gasteiger partial charge in [0.15, 0.2) is 0 Å². The number of rotatable bonds is 7. The lowest BCUT2D eigenvalue weighted by Gasteiger charge is -2.26. The molecule has 0 saturated carbocycles. The van der Waals surface area contributed by atoms with Gasteiger partial charge in [-0.1, -0.05) is 19.9 Å². The molecule has 0 aromatic heterocycles. The summed E-state index contributed by atoms with van der Waals surface area (Å²) in [6, 6.07) is 4.94. The van der Waals surface area contributed by atoms with Crippen molar-refractivity contribution in [2.75, 3.05) is 12.3 Å². The normalized spacial score (nSPS) is 12.3. The highest BCUT2D eigenvalue weighted by atomic mass is 32.2.